The molecule has 0 aliphatic heterocycles. The molecule has 0 atom stereocenters. The summed E-state index contributed by atoms with van der Waals surface area (Å²) in [6, 6.07) is 1.94. The molecule has 1 heterocycles. The molecular weight excluding hydrogens is 289 g/mol. The lowest BCUT2D eigenvalue weighted by Gasteiger charge is -2.09. The average Bonchev–Trinajstić information content (AvgIpc) is 2.25. The Morgan fingerprint density at radius 3 is 2.88 bits per heavy atom. The molecule has 1 rings (SSSR count). The molecule has 0 spiro atoms. The highest BCUT2D eigenvalue weighted by molar-refractivity contribution is 9.10. The van der Waals surface area contributed by atoms with Gasteiger partial charge >= 0.3 is 0 Å². The Morgan fingerprint density at radius 1 is 1.50 bits per heavy atom. The van der Waals surface area contributed by atoms with Crippen molar-refractivity contribution in [1.29, 1.82) is 0 Å². The first-order valence-electron chi connectivity index (χ1n) is 5.46. The quantitative estimate of drug-likeness (QED) is 0.574. The summed E-state index contributed by atoms with van der Waals surface area (Å²) in [7, 11) is 0. The number of rotatable bonds is 6. The zero-order valence-electron chi connectivity index (χ0n) is 9.67. The third-order valence-electron chi connectivity index (χ3n) is 2.20. The topological polar surface area (TPSA) is 22.1 Å². The van der Waals surface area contributed by atoms with Crippen molar-refractivity contribution in [3.63, 3.8) is 0 Å². The molecule has 0 aliphatic carbocycles. The van der Waals surface area contributed by atoms with Crippen molar-refractivity contribution in [2.75, 3.05) is 6.61 Å². The van der Waals surface area contributed by atoms with Gasteiger partial charge in [0.2, 0.25) is 5.88 Å². The molecule has 0 amide bonds. The predicted molar refractivity (Wildman–Crippen MR) is 71.1 cm³/mol. The minimum absolute atomic E-state index is 0.423. The average molecular weight is 307 g/mol. The number of halogens is 2. The van der Waals surface area contributed by atoms with Gasteiger partial charge in [0.1, 0.15) is 0 Å². The molecule has 0 aliphatic rings. The van der Waals surface area contributed by atoms with E-state index in [9.17, 15) is 0 Å². The van der Waals surface area contributed by atoms with Crippen LogP contribution >= 0.6 is 27.5 Å². The van der Waals surface area contributed by atoms with Gasteiger partial charge in [-0.25, -0.2) is 4.98 Å². The lowest BCUT2D eigenvalue weighted by molar-refractivity contribution is 0.285. The first-order valence-corrected chi connectivity index (χ1v) is 6.79. The van der Waals surface area contributed by atoms with E-state index in [2.05, 4.69) is 34.8 Å². The molecule has 0 radical (unpaired) electrons. The maximum absolute atomic E-state index is 5.83. The van der Waals surface area contributed by atoms with Crippen LogP contribution in [0.15, 0.2) is 16.7 Å². The largest absolute Gasteiger partial charge is 0.477 e. The first kappa shape index (κ1) is 13.8. The van der Waals surface area contributed by atoms with Crippen LogP contribution in [0, 0.1) is 5.92 Å². The Kier molecular flexibility index (Phi) is 6.14. The Morgan fingerprint density at radius 2 is 2.25 bits per heavy atom. The van der Waals surface area contributed by atoms with Gasteiger partial charge in [-0.3, -0.25) is 0 Å². The summed E-state index contributed by atoms with van der Waals surface area (Å²) >= 11 is 9.19. The fourth-order valence-electron chi connectivity index (χ4n) is 1.35. The fraction of sp³-hybridized carbons (Fsp3) is 0.583. The summed E-state index contributed by atoms with van der Waals surface area (Å²) in [5, 5.41) is 0. The van der Waals surface area contributed by atoms with E-state index in [1.54, 1.807) is 6.20 Å². The second-order valence-electron chi connectivity index (χ2n) is 4.14. The molecule has 0 N–H and O–H groups in total. The standard InChI is InChI=1S/C12H17BrClNO/c1-9(2)4-3-5-16-12-10(7-14)6-11(13)8-15-12/h6,8-9H,3-5,7H2,1-2H3. The van der Waals surface area contributed by atoms with E-state index in [0.29, 0.717) is 24.3 Å². The third kappa shape index (κ3) is 4.71. The van der Waals surface area contributed by atoms with Crippen molar-refractivity contribution < 1.29 is 4.74 Å². The lowest BCUT2D eigenvalue weighted by Crippen LogP contribution is -2.03. The van der Waals surface area contributed by atoms with E-state index in [-0.39, 0.29) is 0 Å². The van der Waals surface area contributed by atoms with Crippen LogP contribution in [-0.4, -0.2) is 11.6 Å². The van der Waals surface area contributed by atoms with Crippen molar-refractivity contribution in [1.82, 2.24) is 4.98 Å². The number of nitrogens with zero attached hydrogens (tertiary/aromatic N) is 1. The molecule has 0 fully saturated rings. The van der Waals surface area contributed by atoms with Crippen LogP contribution in [0.4, 0.5) is 0 Å². The van der Waals surface area contributed by atoms with Gasteiger partial charge in [-0.2, -0.15) is 0 Å². The van der Waals surface area contributed by atoms with Crippen molar-refractivity contribution >= 4 is 27.5 Å². The Labute approximate surface area is 110 Å². The SMILES string of the molecule is CC(C)CCCOc1ncc(Br)cc1CCl. The highest BCUT2D eigenvalue weighted by Crippen LogP contribution is 2.22. The number of ether oxygens (including phenoxy) is 1. The van der Waals surface area contributed by atoms with Gasteiger partial charge in [-0.05, 0) is 40.8 Å². The maximum Gasteiger partial charge on any atom is 0.217 e. The Bertz CT molecular complexity index is 331. The van der Waals surface area contributed by atoms with Gasteiger partial charge in [0.05, 0.1) is 12.5 Å². The van der Waals surface area contributed by atoms with Gasteiger partial charge in [-0.15, -0.1) is 11.6 Å². The van der Waals surface area contributed by atoms with E-state index >= 15 is 0 Å². The summed E-state index contributed by atoms with van der Waals surface area (Å²) in [6.45, 7) is 5.13. The van der Waals surface area contributed by atoms with E-state index in [0.717, 1.165) is 16.5 Å². The third-order valence-corrected chi connectivity index (χ3v) is 2.92. The summed E-state index contributed by atoms with van der Waals surface area (Å²) in [4.78, 5) is 4.21. The van der Waals surface area contributed by atoms with E-state index in [4.69, 9.17) is 16.3 Å². The number of aromatic nitrogens is 1. The first-order chi connectivity index (χ1) is 7.63. The Balaban J connectivity index is 2.47. The van der Waals surface area contributed by atoms with E-state index in [1.165, 1.54) is 6.42 Å². The van der Waals surface area contributed by atoms with Crippen LogP contribution in [0.2, 0.25) is 0 Å². The van der Waals surface area contributed by atoms with Gasteiger partial charge in [0.15, 0.2) is 0 Å². The molecule has 4 heteroatoms. The fourth-order valence-corrected chi connectivity index (χ4v) is 1.92. The molecule has 0 aromatic carbocycles. The number of alkyl halides is 1. The van der Waals surface area contributed by atoms with Gasteiger partial charge in [0.25, 0.3) is 0 Å². The van der Waals surface area contributed by atoms with E-state index < -0.39 is 0 Å². The molecule has 1 aromatic rings. The zero-order chi connectivity index (χ0) is 12.0. The number of hydrogen-bond donors (Lipinski definition) is 0. The molecular formula is C12H17BrClNO. The van der Waals surface area contributed by atoms with Crippen molar-refractivity contribution in [2.24, 2.45) is 5.92 Å². The molecule has 90 valence electrons. The molecule has 0 unspecified atom stereocenters. The second kappa shape index (κ2) is 7.13. The van der Waals surface area contributed by atoms with Crippen molar-refractivity contribution in [3.8, 4) is 5.88 Å². The molecule has 2 nitrogen and oxygen atoms in total. The van der Waals surface area contributed by atoms with Gasteiger partial charge in [0, 0.05) is 16.2 Å². The number of pyridine rings is 1. The van der Waals surface area contributed by atoms with E-state index in [1.807, 2.05) is 6.07 Å². The highest BCUT2D eigenvalue weighted by Gasteiger charge is 2.05. The smallest absolute Gasteiger partial charge is 0.217 e. The molecule has 0 saturated carbocycles. The summed E-state index contributed by atoms with van der Waals surface area (Å²) < 4.78 is 6.55. The molecule has 0 bridgehead atoms. The van der Waals surface area contributed by atoms with Crippen LogP contribution in [0.25, 0.3) is 0 Å². The maximum atomic E-state index is 5.83. The Hall–Kier alpha value is -0.280. The van der Waals surface area contributed by atoms with Crippen LogP contribution in [0.3, 0.4) is 0 Å². The number of hydrogen-bond acceptors (Lipinski definition) is 2. The lowest BCUT2D eigenvalue weighted by atomic mass is 10.1. The molecule has 16 heavy (non-hydrogen) atoms. The van der Waals surface area contributed by atoms with Crippen molar-refractivity contribution in [3.05, 3.63) is 22.3 Å². The molecule has 1 aromatic heterocycles. The minimum Gasteiger partial charge on any atom is -0.477 e. The van der Waals surface area contributed by atoms with Crippen LogP contribution in [-0.2, 0) is 5.88 Å². The summed E-state index contributed by atoms with van der Waals surface area (Å²) in [6.07, 6.45) is 3.96. The monoisotopic (exact) mass is 305 g/mol. The minimum atomic E-state index is 0.423. The van der Waals surface area contributed by atoms with Crippen LogP contribution in [0.5, 0.6) is 5.88 Å². The summed E-state index contributed by atoms with van der Waals surface area (Å²) in [5.41, 5.74) is 0.931. The second-order valence-corrected chi connectivity index (χ2v) is 5.32. The highest BCUT2D eigenvalue weighted by atomic mass is 79.9. The normalized spacial score (nSPS) is 10.8. The van der Waals surface area contributed by atoms with Crippen LogP contribution < -0.4 is 4.74 Å². The van der Waals surface area contributed by atoms with Gasteiger partial charge < -0.3 is 4.74 Å². The van der Waals surface area contributed by atoms with Gasteiger partial charge in [-0.1, -0.05) is 13.8 Å². The predicted octanol–water partition coefficient (Wildman–Crippen LogP) is 4.40. The molecule has 0 saturated heterocycles. The summed E-state index contributed by atoms with van der Waals surface area (Å²) in [5.74, 6) is 1.79. The zero-order valence-corrected chi connectivity index (χ0v) is 12.0. The van der Waals surface area contributed by atoms with Crippen molar-refractivity contribution in [2.45, 2.75) is 32.6 Å². The van der Waals surface area contributed by atoms with Crippen LogP contribution in [0.1, 0.15) is 32.3 Å².